The number of aliphatic hydroxyl groups is 4. The van der Waals surface area contributed by atoms with Crippen molar-refractivity contribution in [2.45, 2.75) is 24.2 Å². The first kappa shape index (κ1) is 27.1. The van der Waals surface area contributed by atoms with Crippen LogP contribution in [0.25, 0.3) is 0 Å². The SMILES string of the molecule is OC[C@@H]1CNCCN[C@@H](CO)CN[C@@H](CO)CN[C@@H](CO)CN1.[Br][Mn][Br]. The first-order valence-electron chi connectivity index (χ1n) is 8.59. The molecule has 0 spiro atoms. The van der Waals surface area contributed by atoms with Crippen molar-refractivity contribution >= 4 is 28.2 Å². The van der Waals surface area contributed by atoms with Crippen LogP contribution in [0, 0.1) is 0 Å². The predicted octanol–water partition coefficient (Wildman–Crippen LogP) is -2.92. The van der Waals surface area contributed by atoms with Gasteiger partial charge >= 0.3 is 39.6 Å². The van der Waals surface area contributed by atoms with Crippen LogP contribution in [0.5, 0.6) is 0 Å². The molecule has 0 radical (unpaired) electrons. The van der Waals surface area contributed by atoms with Gasteiger partial charge in [-0.3, -0.25) is 0 Å². The Kier molecular flexibility index (Phi) is 20.3. The number of hydrogen-bond donors (Lipinski definition) is 9. The standard InChI is InChI=1S/C14H33N5O4.2BrH.Mn/c20-7-11-3-15-1-2-16-12(8-21)4-18-14(10-23)6-19-13(9-22)5-17-11;;;/h11-23H,1-10H2;2*1H;/q;;;+2/p-2/t11-,12+,13+,14+;;;/m0.../s1. The van der Waals surface area contributed by atoms with Crippen molar-refractivity contribution in [3.8, 4) is 0 Å². The summed E-state index contributed by atoms with van der Waals surface area (Å²) in [6.07, 6.45) is 0. The summed E-state index contributed by atoms with van der Waals surface area (Å²) in [7, 11) is 0. The molecule has 12 heteroatoms. The maximum atomic E-state index is 9.43. The van der Waals surface area contributed by atoms with Gasteiger partial charge in [-0.25, -0.2) is 0 Å². The monoisotopic (exact) mass is 548 g/mol. The van der Waals surface area contributed by atoms with Crippen molar-refractivity contribution < 1.29 is 31.8 Å². The van der Waals surface area contributed by atoms with E-state index < -0.39 is 0 Å². The van der Waals surface area contributed by atoms with Crippen LogP contribution in [0.1, 0.15) is 0 Å². The van der Waals surface area contributed by atoms with Crippen LogP contribution in [-0.4, -0.2) is 110 Å². The van der Waals surface area contributed by atoms with Gasteiger partial charge in [-0.15, -0.1) is 0 Å². The third-order valence-electron chi connectivity index (χ3n) is 3.97. The molecule has 0 saturated carbocycles. The molecule has 26 heavy (non-hydrogen) atoms. The molecule has 1 fully saturated rings. The van der Waals surface area contributed by atoms with Gasteiger partial charge in [0, 0.05) is 63.4 Å². The van der Waals surface area contributed by atoms with E-state index in [9.17, 15) is 20.4 Å². The summed E-state index contributed by atoms with van der Waals surface area (Å²) in [6.45, 7) is 3.59. The van der Waals surface area contributed by atoms with E-state index in [1.807, 2.05) is 0 Å². The molecule has 0 amide bonds. The number of halogens is 2. The van der Waals surface area contributed by atoms with E-state index in [1.54, 1.807) is 0 Å². The third-order valence-corrected chi connectivity index (χ3v) is 3.97. The second-order valence-corrected chi connectivity index (χ2v) is 11.9. The molecule has 9 nitrogen and oxygen atoms in total. The summed E-state index contributed by atoms with van der Waals surface area (Å²) in [5.41, 5.74) is 0. The molecule has 1 aliphatic heterocycles. The molecule has 4 atom stereocenters. The van der Waals surface area contributed by atoms with Crippen LogP contribution in [0.2, 0.25) is 0 Å². The van der Waals surface area contributed by atoms with Crippen molar-refractivity contribution in [1.82, 2.24) is 26.6 Å². The third kappa shape index (κ3) is 14.2. The van der Waals surface area contributed by atoms with E-state index in [0.717, 1.165) is 6.54 Å². The summed E-state index contributed by atoms with van der Waals surface area (Å²) in [4.78, 5) is 0. The van der Waals surface area contributed by atoms with Gasteiger partial charge in [-0.1, -0.05) is 0 Å². The molecule has 0 unspecified atom stereocenters. The fourth-order valence-electron chi connectivity index (χ4n) is 2.37. The fraction of sp³-hybridized carbons (Fsp3) is 1.00. The van der Waals surface area contributed by atoms with Crippen LogP contribution in [0.15, 0.2) is 0 Å². The average Bonchev–Trinajstić information content (AvgIpc) is 2.66. The Morgan fingerprint density at radius 1 is 0.615 bits per heavy atom. The second kappa shape index (κ2) is 19.4. The number of nitrogens with one attached hydrogen (secondary N) is 5. The molecule has 1 rings (SSSR count). The summed E-state index contributed by atoms with van der Waals surface area (Å²) in [5, 5.41) is 53.7. The van der Waals surface area contributed by atoms with Gasteiger partial charge in [0.25, 0.3) is 0 Å². The molecule has 1 heterocycles. The number of aliphatic hydroxyl groups excluding tert-OH is 4. The Morgan fingerprint density at radius 3 is 1.35 bits per heavy atom. The van der Waals surface area contributed by atoms with Crippen LogP contribution in [0.4, 0.5) is 0 Å². The van der Waals surface area contributed by atoms with E-state index >= 15 is 0 Å². The predicted molar refractivity (Wildman–Crippen MR) is 106 cm³/mol. The van der Waals surface area contributed by atoms with Crippen LogP contribution in [-0.2, 0) is 11.3 Å². The Morgan fingerprint density at radius 2 is 0.962 bits per heavy atom. The van der Waals surface area contributed by atoms with Crippen molar-refractivity contribution in [2.75, 3.05) is 65.7 Å². The quantitative estimate of drug-likeness (QED) is 0.169. The zero-order chi connectivity index (χ0) is 19.6. The molecular weight excluding hydrogens is 517 g/mol. The molecule has 159 valence electrons. The molecular formula is C14H33Br2MnN5O4. The average molecular weight is 550 g/mol. The van der Waals surface area contributed by atoms with E-state index in [1.165, 1.54) is 0 Å². The van der Waals surface area contributed by atoms with Gasteiger partial charge in [0.1, 0.15) is 0 Å². The molecule has 0 aromatic rings. The van der Waals surface area contributed by atoms with Gasteiger partial charge < -0.3 is 47.0 Å². The molecule has 9 N–H and O–H groups in total. The van der Waals surface area contributed by atoms with Gasteiger partial charge in [0.05, 0.1) is 26.4 Å². The van der Waals surface area contributed by atoms with Crippen molar-refractivity contribution in [1.29, 1.82) is 0 Å². The number of rotatable bonds is 4. The summed E-state index contributed by atoms with van der Waals surface area (Å²) in [5.74, 6) is 0. The Hall–Kier alpha value is 1.12. The zero-order valence-electron chi connectivity index (χ0n) is 14.8. The van der Waals surface area contributed by atoms with Gasteiger partial charge in [0.15, 0.2) is 0 Å². The topological polar surface area (TPSA) is 141 Å². The zero-order valence-corrected chi connectivity index (χ0v) is 19.2. The van der Waals surface area contributed by atoms with E-state index in [2.05, 4.69) is 54.8 Å². The molecule has 0 aromatic heterocycles. The molecule has 0 aliphatic carbocycles. The fourth-order valence-corrected chi connectivity index (χ4v) is 2.37. The normalized spacial score (nSPS) is 29.8. The minimum atomic E-state index is -0.156. The summed E-state index contributed by atoms with van der Waals surface area (Å²) >= 11 is 6.88. The van der Waals surface area contributed by atoms with Crippen molar-refractivity contribution in [3.05, 3.63) is 0 Å². The molecule has 1 aliphatic rings. The van der Waals surface area contributed by atoms with Gasteiger partial charge in [-0.05, 0) is 0 Å². The Balaban J connectivity index is 0.00000194. The minimum absolute atomic E-state index is 0.0126. The van der Waals surface area contributed by atoms with Crippen LogP contribution < -0.4 is 26.6 Å². The maximum absolute atomic E-state index is 9.43. The Bertz CT molecular complexity index is 291. The first-order chi connectivity index (χ1) is 12.6. The van der Waals surface area contributed by atoms with Crippen LogP contribution >= 0.6 is 28.2 Å². The van der Waals surface area contributed by atoms with Gasteiger partial charge in [-0.2, -0.15) is 0 Å². The summed E-state index contributed by atoms with van der Waals surface area (Å²) < 4.78 is 0. The van der Waals surface area contributed by atoms with E-state index in [4.69, 9.17) is 0 Å². The van der Waals surface area contributed by atoms with Crippen LogP contribution in [0.3, 0.4) is 0 Å². The van der Waals surface area contributed by atoms with Gasteiger partial charge in [0.2, 0.25) is 0 Å². The van der Waals surface area contributed by atoms with E-state index in [0.29, 0.717) is 44.1 Å². The van der Waals surface area contributed by atoms with Crippen molar-refractivity contribution in [3.63, 3.8) is 0 Å². The van der Waals surface area contributed by atoms with Crippen molar-refractivity contribution in [2.24, 2.45) is 0 Å². The van der Waals surface area contributed by atoms with E-state index in [-0.39, 0.29) is 50.6 Å². The molecule has 0 aromatic carbocycles. The Labute approximate surface area is 176 Å². The molecule has 1 saturated heterocycles. The molecule has 0 bridgehead atoms. The first-order valence-corrected chi connectivity index (χ1v) is 14.4. The summed E-state index contributed by atoms with van der Waals surface area (Å²) in [6, 6.07) is -0.485. The second-order valence-electron chi connectivity index (χ2n) is 5.95. The number of hydrogen-bond acceptors (Lipinski definition) is 9.